The van der Waals surface area contributed by atoms with Crippen LogP contribution in [-0.2, 0) is 16.4 Å². The molecule has 26 heavy (non-hydrogen) atoms. The van der Waals surface area contributed by atoms with Gasteiger partial charge in [0.1, 0.15) is 0 Å². The number of hydrogen-bond donors (Lipinski definition) is 2. The second-order valence-corrected chi connectivity index (χ2v) is 8.32. The maximum atomic E-state index is 12.2. The number of aliphatic imine (C=N–C) groups is 1. The molecule has 0 atom stereocenters. The highest BCUT2D eigenvalue weighted by molar-refractivity contribution is 7.91. The fourth-order valence-electron chi connectivity index (χ4n) is 2.29. The fraction of sp³-hybridized carbons (Fsp3) is 0.444. The van der Waals surface area contributed by atoms with Gasteiger partial charge in [-0.15, -0.1) is 0 Å². The van der Waals surface area contributed by atoms with Crippen LogP contribution in [0, 0.1) is 0 Å². The fourth-order valence-corrected chi connectivity index (χ4v) is 3.62. The van der Waals surface area contributed by atoms with Crippen LogP contribution in [0.25, 0.3) is 0 Å². The number of rotatable bonds is 8. The zero-order chi connectivity index (χ0) is 19.0. The van der Waals surface area contributed by atoms with Gasteiger partial charge in [-0.2, -0.15) is 0 Å². The molecule has 0 aliphatic heterocycles. The number of guanidine groups is 1. The van der Waals surface area contributed by atoms with Gasteiger partial charge >= 0.3 is 0 Å². The largest absolute Gasteiger partial charge is 0.359 e. The second-order valence-electron chi connectivity index (χ2n) is 6.21. The summed E-state index contributed by atoms with van der Waals surface area (Å²) in [7, 11) is -1.59. The van der Waals surface area contributed by atoms with E-state index in [4.69, 9.17) is 4.52 Å². The summed E-state index contributed by atoms with van der Waals surface area (Å²) in [6.45, 7) is 5.07. The maximum absolute atomic E-state index is 12.2. The number of aromatic nitrogens is 1. The van der Waals surface area contributed by atoms with E-state index in [9.17, 15) is 8.42 Å². The Balaban J connectivity index is 1.75. The summed E-state index contributed by atoms with van der Waals surface area (Å²) in [5, 5.41) is 10.2. The molecule has 0 saturated carbocycles. The minimum Gasteiger partial charge on any atom is -0.359 e. The standard InChI is InChI=1S/C18H26N4O3S/c1-14(2)17-12-15(25-22-17)13-21-18(19-3)20-10-7-11-26(23,24)16-8-5-4-6-9-16/h4-6,8-9,12,14H,7,10-11,13H2,1-3H3,(H2,19,20,21). The van der Waals surface area contributed by atoms with E-state index in [1.165, 1.54) is 0 Å². The minimum absolute atomic E-state index is 0.0842. The first kappa shape index (κ1) is 20.0. The number of nitrogens with one attached hydrogen (secondary N) is 2. The van der Waals surface area contributed by atoms with Crippen molar-refractivity contribution in [1.82, 2.24) is 15.8 Å². The summed E-state index contributed by atoms with van der Waals surface area (Å²) in [6, 6.07) is 10.4. The average molecular weight is 378 g/mol. The molecule has 2 aromatic rings. The maximum Gasteiger partial charge on any atom is 0.191 e. The topological polar surface area (TPSA) is 96.6 Å². The van der Waals surface area contributed by atoms with Gasteiger partial charge in [-0.3, -0.25) is 4.99 Å². The molecule has 0 amide bonds. The van der Waals surface area contributed by atoms with Crippen LogP contribution in [0.2, 0.25) is 0 Å². The van der Waals surface area contributed by atoms with Crippen molar-refractivity contribution in [3.8, 4) is 0 Å². The molecule has 0 unspecified atom stereocenters. The zero-order valence-corrected chi connectivity index (χ0v) is 16.2. The Labute approximate surface area is 154 Å². The van der Waals surface area contributed by atoms with E-state index in [0.717, 1.165) is 11.5 Å². The Kier molecular flexibility index (Phi) is 7.20. The highest BCUT2D eigenvalue weighted by Gasteiger charge is 2.13. The van der Waals surface area contributed by atoms with E-state index in [2.05, 4.69) is 34.6 Å². The van der Waals surface area contributed by atoms with Crippen LogP contribution in [0.3, 0.4) is 0 Å². The third kappa shape index (κ3) is 5.87. The molecule has 0 saturated heterocycles. The Morgan fingerprint density at radius 2 is 1.96 bits per heavy atom. The van der Waals surface area contributed by atoms with E-state index < -0.39 is 9.84 Å². The highest BCUT2D eigenvalue weighted by atomic mass is 32.2. The molecule has 1 aromatic carbocycles. The molecule has 142 valence electrons. The molecule has 0 bridgehead atoms. The van der Waals surface area contributed by atoms with Crippen molar-refractivity contribution >= 4 is 15.8 Å². The van der Waals surface area contributed by atoms with Crippen molar-refractivity contribution in [3.05, 3.63) is 47.9 Å². The number of nitrogens with zero attached hydrogens (tertiary/aromatic N) is 2. The summed E-state index contributed by atoms with van der Waals surface area (Å²) in [4.78, 5) is 4.48. The van der Waals surface area contributed by atoms with Gasteiger partial charge in [0.05, 0.1) is 22.9 Å². The molecule has 0 fully saturated rings. The molecular weight excluding hydrogens is 352 g/mol. The van der Waals surface area contributed by atoms with Crippen LogP contribution in [-0.4, -0.2) is 38.9 Å². The Morgan fingerprint density at radius 1 is 1.23 bits per heavy atom. The molecule has 1 aromatic heterocycles. The van der Waals surface area contributed by atoms with Gasteiger partial charge in [0.2, 0.25) is 0 Å². The van der Waals surface area contributed by atoms with Crippen molar-refractivity contribution < 1.29 is 12.9 Å². The summed E-state index contributed by atoms with van der Waals surface area (Å²) < 4.78 is 29.7. The van der Waals surface area contributed by atoms with Gasteiger partial charge in [-0.25, -0.2) is 8.42 Å². The van der Waals surface area contributed by atoms with Crippen LogP contribution >= 0.6 is 0 Å². The molecule has 7 nitrogen and oxygen atoms in total. The monoisotopic (exact) mass is 378 g/mol. The van der Waals surface area contributed by atoms with Gasteiger partial charge in [0, 0.05) is 19.7 Å². The van der Waals surface area contributed by atoms with Crippen molar-refractivity contribution in [2.24, 2.45) is 4.99 Å². The number of benzene rings is 1. The van der Waals surface area contributed by atoms with Crippen LogP contribution in [0.4, 0.5) is 0 Å². The van der Waals surface area contributed by atoms with Crippen molar-refractivity contribution in [1.29, 1.82) is 0 Å². The summed E-state index contributed by atoms with van der Waals surface area (Å²) in [5.41, 5.74) is 0.913. The first-order chi connectivity index (χ1) is 12.4. The smallest absolute Gasteiger partial charge is 0.191 e. The Bertz CT molecular complexity index is 814. The van der Waals surface area contributed by atoms with Gasteiger partial charge in [-0.1, -0.05) is 37.2 Å². The van der Waals surface area contributed by atoms with E-state index >= 15 is 0 Å². The highest BCUT2D eigenvalue weighted by Crippen LogP contribution is 2.13. The summed E-state index contributed by atoms with van der Waals surface area (Å²) in [6.07, 6.45) is 0.484. The van der Waals surface area contributed by atoms with Gasteiger partial charge in [-0.05, 0) is 24.5 Å². The first-order valence-corrected chi connectivity index (χ1v) is 10.3. The van der Waals surface area contributed by atoms with Crippen molar-refractivity contribution in [3.63, 3.8) is 0 Å². The molecule has 2 N–H and O–H groups in total. The Hall–Kier alpha value is -2.35. The third-order valence-corrected chi connectivity index (χ3v) is 5.62. The van der Waals surface area contributed by atoms with E-state index in [-0.39, 0.29) is 5.75 Å². The number of sulfone groups is 1. The molecular formula is C18H26N4O3S. The molecule has 0 aliphatic carbocycles. The molecule has 0 spiro atoms. The molecule has 2 rings (SSSR count). The normalized spacial score (nSPS) is 12.4. The lowest BCUT2D eigenvalue weighted by atomic mass is 10.1. The quantitative estimate of drug-likeness (QED) is 0.416. The number of hydrogen-bond acceptors (Lipinski definition) is 5. The van der Waals surface area contributed by atoms with Crippen LogP contribution < -0.4 is 10.6 Å². The summed E-state index contributed by atoms with van der Waals surface area (Å²) >= 11 is 0. The molecule has 0 radical (unpaired) electrons. The third-order valence-electron chi connectivity index (χ3n) is 3.81. The molecule has 1 heterocycles. The lowest BCUT2D eigenvalue weighted by Crippen LogP contribution is -2.37. The van der Waals surface area contributed by atoms with Gasteiger partial charge < -0.3 is 15.2 Å². The predicted octanol–water partition coefficient (Wildman–Crippen LogP) is 2.33. The van der Waals surface area contributed by atoms with E-state index in [1.54, 1.807) is 37.4 Å². The molecule has 0 aliphatic rings. The van der Waals surface area contributed by atoms with Crippen molar-refractivity contribution in [2.75, 3.05) is 19.3 Å². The van der Waals surface area contributed by atoms with E-state index in [0.29, 0.717) is 36.3 Å². The van der Waals surface area contributed by atoms with E-state index in [1.807, 2.05) is 6.07 Å². The average Bonchev–Trinajstić information content (AvgIpc) is 3.11. The SMILES string of the molecule is CN=C(NCCCS(=O)(=O)c1ccccc1)NCc1cc(C(C)C)no1. The first-order valence-electron chi connectivity index (χ1n) is 8.60. The molecule has 8 heteroatoms. The van der Waals surface area contributed by atoms with Crippen LogP contribution in [0.15, 0.2) is 50.8 Å². The van der Waals surface area contributed by atoms with Crippen LogP contribution in [0.5, 0.6) is 0 Å². The van der Waals surface area contributed by atoms with Gasteiger partial charge in [0.15, 0.2) is 21.6 Å². The minimum atomic E-state index is -3.25. The van der Waals surface area contributed by atoms with Crippen molar-refractivity contribution in [2.45, 2.75) is 37.6 Å². The van der Waals surface area contributed by atoms with Crippen LogP contribution in [0.1, 0.15) is 37.6 Å². The predicted molar refractivity (Wildman–Crippen MR) is 102 cm³/mol. The summed E-state index contributed by atoms with van der Waals surface area (Å²) in [5.74, 6) is 1.71. The van der Waals surface area contributed by atoms with Gasteiger partial charge in [0.25, 0.3) is 0 Å². The zero-order valence-electron chi connectivity index (χ0n) is 15.4. The lowest BCUT2D eigenvalue weighted by molar-refractivity contribution is 0.372. The Morgan fingerprint density at radius 3 is 2.58 bits per heavy atom. The second kappa shape index (κ2) is 9.38. The lowest BCUT2D eigenvalue weighted by Gasteiger charge is -2.10.